The van der Waals surface area contributed by atoms with E-state index < -0.39 is 0 Å². The summed E-state index contributed by atoms with van der Waals surface area (Å²) in [6.45, 7) is 2.12. The van der Waals surface area contributed by atoms with Crippen molar-refractivity contribution in [1.82, 2.24) is 10.3 Å². The fraction of sp³-hybridized carbons (Fsp3) is 0.286. The van der Waals surface area contributed by atoms with Gasteiger partial charge in [0.2, 0.25) is 0 Å². The van der Waals surface area contributed by atoms with Crippen LogP contribution in [0.15, 0.2) is 47.6 Å². The van der Waals surface area contributed by atoms with E-state index in [2.05, 4.69) is 10.5 Å². The van der Waals surface area contributed by atoms with Crippen LogP contribution in [0.5, 0.6) is 11.5 Å². The number of amides is 2. The van der Waals surface area contributed by atoms with Crippen molar-refractivity contribution in [3.63, 3.8) is 0 Å². The molecular formula is C21H22ClN3O5. The molecule has 9 heteroatoms. The van der Waals surface area contributed by atoms with Gasteiger partial charge in [-0.05, 0) is 42.0 Å². The molecule has 0 radical (unpaired) electrons. The van der Waals surface area contributed by atoms with E-state index in [0.717, 1.165) is 0 Å². The Hall–Kier alpha value is -3.10. The van der Waals surface area contributed by atoms with Crippen molar-refractivity contribution in [2.45, 2.75) is 0 Å². The summed E-state index contributed by atoms with van der Waals surface area (Å²) in [7, 11) is 1.51. The number of nitrogens with zero attached hydrogens (tertiary/aromatic N) is 2. The summed E-state index contributed by atoms with van der Waals surface area (Å²) >= 11 is 5.88. The standard InChI is InChI=1S/C21H22ClN3O5/c1-28-19-11-15(13-23-24-21(27)16-3-2-4-17(22)12-16)5-6-18(19)30-14-20(26)25-7-9-29-10-8-25/h2-6,11-13H,7-10,14H2,1H3,(H,24,27)/b23-13+. The molecular weight excluding hydrogens is 410 g/mol. The third-order valence-electron chi connectivity index (χ3n) is 4.37. The number of nitrogens with one attached hydrogen (secondary N) is 1. The Morgan fingerprint density at radius 3 is 2.73 bits per heavy atom. The minimum atomic E-state index is -0.373. The van der Waals surface area contributed by atoms with Gasteiger partial charge in [-0.25, -0.2) is 5.43 Å². The zero-order valence-electron chi connectivity index (χ0n) is 16.5. The molecule has 8 nitrogen and oxygen atoms in total. The highest BCUT2D eigenvalue weighted by atomic mass is 35.5. The van der Waals surface area contributed by atoms with Gasteiger partial charge in [-0.1, -0.05) is 17.7 Å². The molecule has 30 heavy (non-hydrogen) atoms. The fourth-order valence-corrected chi connectivity index (χ4v) is 2.98. The third-order valence-corrected chi connectivity index (χ3v) is 4.60. The van der Waals surface area contributed by atoms with Crippen LogP contribution in [0.1, 0.15) is 15.9 Å². The molecule has 0 spiro atoms. The predicted octanol–water partition coefficient (Wildman–Crippen LogP) is 2.35. The maximum Gasteiger partial charge on any atom is 0.271 e. The molecule has 158 valence electrons. The average molecular weight is 432 g/mol. The first-order chi connectivity index (χ1) is 14.6. The summed E-state index contributed by atoms with van der Waals surface area (Å²) in [6.07, 6.45) is 1.48. The molecule has 0 bridgehead atoms. The molecule has 1 aliphatic heterocycles. The minimum Gasteiger partial charge on any atom is -0.493 e. The molecule has 0 aliphatic carbocycles. The van der Waals surface area contributed by atoms with E-state index >= 15 is 0 Å². The molecule has 0 saturated carbocycles. The first-order valence-corrected chi connectivity index (χ1v) is 9.70. The molecule has 1 fully saturated rings. The van der Waals surface area contributed by atoms with Crippen LogP contribution in [0.3, 0.4) is 0 Å². The number of carbonyl (C=O) groups excluding carboxylic acids is 2. The second-order valence-corrected chi connectivity index (χ2v) is 6.84. The Labute approximate surface area is 179 Å². The molecule has 1 saturated heterocycles. The number of hydrogen-bond donors (Lipinski definition) is 1. The number of hydrazone groups is 1. The molecule has 1 heterocycles. The number of carbonyl (C=O) groups is 2. The SMILES string of the molecule is COc1cc(/C=N/NC(=O)c2cccc(Cl)c2)ccc1OCC(=O)N1CCOCC1. The maximum absolute atomic E-state index is 12.2. The second-order valence-electron chi connectivity index (χ2n) is 6.40. The quantitative estimate of drug-likeness (QED) is 0.537. The van der Waals surface area contributed by atoms with Gasteiger partial charge in [-0.2, -0.15) is 5.10 Å². The van der Waals surface area contributed by atoms with E-state index in [1.54, 1.807) is 47.4 Å². The highest BCUT2D eigenvalue weighted by molar-refractivity contribution is 6.30. The van der Waals surface area contributed by atoms with Crippen LogP contribution in [0.4, 0.5) is 0 Å². The summed E-state index contributed by atoms with van der Waals surface area (Å²) in [4.78, 5) is 26.0. The van der Waals surface area contributed by atoms with Gasteiger partial charge in [0.05, 0.1) is 26.5 Å². The topological polar surface area (TPSA) is 89.5 Å². The van der Waals surface area contributed by atoms with Gasteiger partial charge in [0.1, 0.15) is 0 Å². The Kier molecular flexibility index (Phi) is 7.64. The molecule has 1 aliphatic rings. The van der Waals surface area contributed by atoms with E-state index in [4.69, 9.17) is 25.8 Å². The largest absolute Gasteiger partial charge is 0.493 e. The normalized spacial score (nSPS) is 13.9. The van der Waals surface area contributed by atoms with E-state index in [1.165, 1.54) is 13.3 Å². The van der Waals surface area contributed by atoms with Crippen LogP contribution in [-0.2, 0) is 9.53 Å². The van der Waals surface area contributed by atoms with Crippen molar-refractivity contribution < 1.29 is 23.8 Å². The molecule has 0 atom stereocenters. The summed E-state index contributed by atoms with van der Waals surface area (Å²) in [6, 6.07) is 11.7. The third kappa shape index (κ3) is 5.95. The van der Waals surface area contributed by atoms with E-state index in [-0.39, 0.29) is 18.4 Å². The second kappa shape index (κ2) is 10.6. The highest BCUT2D eigenvalue weighted by Crippen LogP contribution is 2.27. The van der Waals surface area contributed by atoms with Crippen LogP contribution in [0.25, 0.3) is 0 Å². The summed E-state index contributed by atoms with van der Waals surface area (Å²) in [5.74, 6) is 0.422. The zero-order chi connectivity index (χ0) is 21.3. The Balaban J connectivity index is 1.57. The number of ether oxygens (including phenoxy) is 3. The molecule has 2 amide bonds. The van der Waals surface area contributed by atoms with Crippen molar-refractivity contribution in [2.75, 3.05) is 40.0 Å². The zero-order valence-corrected chi connectivity index (χ0v) is 17.2. The maximum atomic E-state index is 12.2. The molecule has 0 aromatic heterocycles. The van der Waals surface area contributed by atoms with E-state index in [1.807, 2.05) is 0 Å². The van der Waals surface area contributed by atoms with Gasteiger partial charge in [0.15, 0.2) is 18.1 Å². The lowest BCUT2D eigenvalue weighted by Crippen LogP contribution is -2.43. The molecule has 3 rings (SSSR count). The molecule has 2 aromatic carbocycles. The Morgan fingerprint density at radius 1 is 1.20 bits per heavy atom. The van der Waals surface area contributed by atoms with Crippen molar-refractivity contribution in [1.29, 1.82) is 0 Å². The Bertz CT molecular complexity index is 929. The number of morpholine rings is 1. The van der Waals surface area contributed by atoms with Crippen molar-refractivity contribution in [3.8, 4) is 11.5 Å². The van der Waals surface area contributed by atoms with Crippen LogP contribution in [0.2, 0.25) is 5.02 Å². The number of rotatable bonds is 7. The van der Waals surface area contributed by atoms with E-state index in [9.17, 15) is 9.59 Å². The van der Waals surface area contributed by atoms with Gasteiger partial charge in [-0.3, -0.25) is 9.59 Å². The molecule has 1 N–H and O–H groups in total. The van der Waals surface area contributed by atoms with Crippen LogP contribution < -0.4 is 14.9 Å². The lowest BCUT2D eigenvalue weighted by Gasteiger charge is -2.26. The number of benzene rings is 2. The van der Waals surface area contributed by atoms with Gasteiger partial charge < -0.3 is 19.1 Å². The molecule has 0 unspecified atom stereocenters. The molecule has 2 aromatic rings. The summed E-state index contributed by atoms with van der Waals surface area (Å²) in [5, 5.41) is 4.42. The predicted molar refractivity (Wildman–Crippen MR) is 112 cm³/mol. The van der Waals surface area contributed by atoms with Crippen LogP contribution in [-0.4, -0.2) is 62.9 Å². The van der Waals surface area contributed by atoms with Gasteiger partial charge in [-0.15, -0.1) is 0 Å². The number of hydrogen-bond acceptors (Lipinski definition) is 6. The van der Waals surface area contributed by atoms with Gasteiger partial charge >= 0.3 is 0 Å². The smallest absolute Gasteiger partial charge is 0.271 e. The monoisotopic (exact) mass is 431 g/mol. The number of methoxy groups -OCH3 is 1. The van der Waals surface area contributed by atoms with Crippen molar-refractivity contribution >= 4 is 29.6 Å². The van der Waals surface area contributed by atoms with Crippen LogP contribution >= 0.6 is 11.6 Å². The first kappa shape index (κ1) is 21.6. The first-order valence-electron chi connectivity index (χ1n) is 9.32. The van der Waals surface area contributed by atoms with Gasteiger partial charge in [0, 0.05) is 23.7 Å². The van der Waals surface area contributed by atoms with E-state index in [0.29, 0.717) is 54.0 Å². The fourth-order valence-electron chi connectivity index (χ4n) is 2.79. The Morgan fingerprint density at radius 2 is 2.00 bits per heavy atom. The average Bonchev–Trinajstić information content (AvgIpc) is 2.78. The lowest BCUT2D eigenvalue weighted by atomic mass is 10.2. The minimum absolute atomic E-state index is 0.0838. The number of halogens is 1. The lowest BCUT2D eigenvalue weighted by molar-refractivity contribution is -0.137. The van der Waals surface area contributed by atoms with Crippen LogP contribution in [0, 0.1) is 0 Å². The highest BCUT2D eigenvalue weighted by Gasteiger charge is 2.18. The van der Waals surface area contributed by atoms with Crippen molar-refractivity contribution in [3.05, 3.63) is 58.6 Å². The summed E-state index contributed by atoms with van der Waals surface area (Å²) in [5.41, 5.74) is 3.54. The summed E-state index contributed by atoms with van der Waals surface area (Å²) < 4.78 is 16.2. The van der Waals surface area contributed by atoms with Crippen molar-refractivity contribution in [2.24, 2.45) is 5.10 Å². The van der Waals surface area contributed by atoms with Gasteiger partial charge in [0.25, 0.3) is 11.8 Å².